The molecular weight excluding hydrogens is 277 g/mol. The minimum Gasteiger partial charge on any atom is -0.489 e. The summed E-state index contributed by atoms with van der Waals surface area (Å²) in [6, 6.07) is 8.69. The van der Waals surface area contributed by atoms with Gasteiger partial charge in [-0.05, 0) is 36.2 Å². The number of halogens is 1. The van der Waals surface area contributed by atoms with Crippen LogP contribution in [0, 0.1) is 22.9 Å². The Bertz CT molecular complexity index is 677. The number of benzene rings is 2. The van der Waals surface area contributed by atoms with Gasteiger partial charge in [-0.2, -0.15) is 0 Å². The Labute approximate surface area is 120 Å². The standard InChI is InChI=1S/C14H14FN3O3/c1-9-2-4-11(15)7-14(9)21-8-10-3-5-13(18(19)20)12(6-10)17-16/h2-7,17H,8,16H2,1H3. The summed E-state index contributed by atoms with van der Waals surface area (Å²) >= 11 is 0. The van der Waals surface area contributed by atoms with Crippen molar-refractivity contribution in [3.8, 4) is 5.75 Å². The van der Waals surface area contributed by atoms with Gasteiger partial charge in [0.1, 0.15) is 23.9 Å². The number of nitrogens with one attached hydrogen (secondary N) is 1. The van der Waals surface area contributed by atoms with Crippen LogP contribution in [0.3, 0.4) is 0 Å². The average molecular weight is 291 g/mol. The molecule has 6 nitrogen and oxygen atoms in total. The van der Waals surface area contributed by atoms with Crippen LogP contribution in [0.15, 0.2) is 36.4 Å². The molecule has 0 saturated carbocycles. The maximum Gasteiger partial charge on any atom is 0.293 e. The number of nitro groups is 1. The van der Waals surface area contributed by atoms with Crippen LogP contribution in [0.1, 0.15) is 11.1 Å². The van der Waals surface area contributed by atoms with Crippen LogP contribution in [0.25, 0.3) is 0 Å². The summed E-state index contributed by atoms with van der Waals surface area (Å²) in [5, 5.41) is 10.8. The second-order valence-electron chi connectivity index (χ2n) is 4.45. The summed E-state index contributed by atoms with van der Waals surface area (Å²) in [4.78, 5) is 10.3. The van der Waals surface area contributed by atoms with E-state index in [1.807, 2.05) is 0 Å². The molecule has 0 atom stereocenters. The molecule has 2 aromatic carbocycles. The van der Waals surface area contributed by atoms with Crippen LogP contribution in [0.4, 0.5) is 15.8 Å². The van der Waals surface area contributed by atoms with Crippen LogP contribution in [0.2, 0.25) is 0 Å². The first-order valence-corrected chi connectivity index (χ1v) is 6.14. The highest BCUT2D eigenvalue weighted by molar-refractivity contribution is 5.62. The number of nitrogens with zero attached hydrogens (tertiary/aromatic N) is 1. The molecule has 0 fully saturated rings. The van der Waals surface area contributed by atoms with Gasteiger partial charge in [-0.25, -0.2) is 4.39 Å². The fourth-order valence-corrected chi connectivity index (χ4v) is 1.84. The Hall–Kier alpha value is -2.67. The van der Waals surface area contributed by atoms with Crippen molar-refractivity contribution in [3.63, 3.8) is 0 Å². The van der Waals surface area contributed by atoms with Gasteiger partial charge < -0.3 is 10.2 Å². The summed E-state index contributed by atoms with van der Waals surface area (Å²) < 4.78 is 18.7. The summed E-state index contributed by atoms with van der Waals surface area (Å²) in [7, 11) is 0. The van der Waals surface area contributed by atoms with E-state index >= 15 is 0 Å². The molecule has 0 saturated heterocycles. The van der Waals surface area contributed by atoms with E-state index in [2.05, 4.69) is 5.43 Å². The smallest absolute Gasteiger partial charge is 0.293 e. The van der Waals surface area contributed by atoms with Gasteiger partial charge in [0.2, 0.25) is 0 Å². The molecular formula is C14H14FN3O3. The summed E-state index contributed by atoms with van der Waals surface area (Å²) in [5.74, 6) is 5.30. The number of aryl methyl sites for hydroxylation is 1. The van der Waals surface area contributed by atoms with E-state index < -0.39 is 4.92 Å². The number of nitrogens with two attached hydrogens (primary N) is 1. The zero-order valence-corrected chi connectivity index (χ0v) is 11.3. The number of hydrogen-bond acceptors (Lipinski definition) is 5. The lowest BCUT2D eigenvalue weighted by atomic mass is 10.2. The fraction of sp³-hybridized carbons (Fsp3) is 0.143. The third-order valence-electron chi connectivity index (χ3n) is 2.96. The number of rotatable bonds is 5. The molecule has 7 heteroatoms. The number of nitrogen functional groups attached to an aromatic ring is 1. The normalized spacial score (nSPS) is 10.2. The van der Waals surface area contributed by atoms with Crippen LogP contribution in [0.5, 0.6) is 5.75 Å². The van der Waals surface area contributed by atoms with Crippen molar-refractivity contribution in [2.75, 3.05) is 5.43 Å². The van der Waals surface area contributed by atoms with Crippen molar-refractivity contribution < 1.29 is 14.1 Å². The molecule has 2 rings (SSSR count). The SMILES string of the molecule is Cc1ccc(F)cc1OCc1ccc([N+](=O)[O-])c(NN)c1. The van der Waals surface area contributed by atoms with Crippen molar-refractivity contribution in [2.24, 2.45) is 5.84 Å². The molecule has 0 spiro atoms. The molecule has 0 aliphatic rings. The van der Waals surface area contributed by atoms with Crippen LogP contribution in [-0.4, -0.2) is 4.92 Å². The van der Waals surface area contributed by atoms with E-state index in [0.717, 1.165) is 5.56 Å². The number of hydrogen-bond donors (Lipinski definition) is 2. The summed E-state index contributed by atoms with van der Waals surface area (Å²) in [5.41, 5.74) is 3.83. The summed E-state index contributed by atoms with van der Waals surface area (Å²) in [6.07, 6.45) is 0. The molecule has 110 valence electrons. The highest BCUT2D eigenvalue weighted by atomic mass is 19.1. The molecule has 0 heterocycles. The van der Waals surface area contributed by atoms with E-state index in [1.165, 1.54) is 24.3 Å². The Kier molecular flexibility index (Phi) is 4.34. The molecule has 0 amide bonds. The van der Waals surface area contributed by atoms with Gasteiger partial charge in [-0.3, -0.25) is 16.0 Å². The zero-order valence-electron chi connectivity index (χ0n) is 11.3. The lowest BCUT2D eigenvalue weighted by Crippen LogP contribution is -2.10. The highest BCUT2D eigenvalue weighted by Crippen LogP contribution is 2.26. The van der Waals surface area contributed by atoms with Gasteiger partial charge in [0.05, 0.1) is 4.92 Å². The van der Waals surface area contributed by atoms with Crippen LogP contribution in [-0.2, 0) is 6.61 Å². The third-order valence-corrected chi connectivity index (χ3v) is 2.96. The van der Waals surface area contributed by atoms with Crippen molar-refractivity contribution in [1.82, 2.24) is 0 Å². The predicted octanol–water partition coefficient (Wildman–Crippen LogP) is 2.91. The van der Waals surface area contributed by atoms with Gasteiger partial charge in [-0.15, -0.1) is 0 Å². The molecule has 0 aliphatic carbocycles. The predicted molar refractivity (Wildman–Crippen MR) is 76.4 cm³/mol. The first-order chi connectivity index (χ1) is 10.0. The van der Waals surface area contributed by atoms with Crippen molar-refractivity contribution >= 4 is 11.4 Å². The molecule has 0 radical (unpaired) electrons. The average Bonchev–Trinajstić information content (AvgIpc) is 2.47. The largest absolute Gasteiger partial charge is 0.489 e. The van der Waals surface area contributed by atoms with E-state index in [0.29, 0.717) is 11.3 Å². The second-order valence-corrected chi connectivity index (χ2v) is 4.45. The molecule has 21 heavy (non-hydrogen) atoms. The van der Waals surface area contributed by atoms with Crippen LogP contribution < -0.4 is 16.0 Å². The lowest BCUT2D eigenvalue weighted by Gasteiger charge is -2.10. The summed E-state index contributed by atoms with van der Waals surface area (Å²) in [6.45, 7) is 1.95. The fourth-order valence-electron chi connectivity index (χ4n) is 1.84. The van der Waals surface area contributed by atoms with Crippen molar-refractivity contribution in [1.29, 1.82) is 0 Å². The molecule has 0 aliphatic heterocycles. The van der Waals surface area contributed by atoms with E-state index in [1.54, 1.807) is 19.1 Å². The first-order valence-electron chi connectivity index (χ1n) is 6.14. The number of ether oxygens (including phenoxy) is 1. The Morgan fingerprint density at radius 3 is 2.76 bits per heavy atom. The van der Waals surface area contributed by atoms with Crippen molar-refractivity contribution in [2.45, 2.75) is 13.5 Å². The van der Waals surface area contributed by atoms with Crippen molar-refractivity contribution in [3.05, 3.63) is 63.5 Å². The van der Waals surface area contributed by atoms with E-state index in [4.69, 9.17) is 10.6 Å². The molecule has 0 aromatic heterocycles. The maximum atomic E-state index is 13.2. The van der Waals surface area contributed by atoms with Gasteiger partial charge in [0.25, 0.3) is 5.69 Å². The highest BCUT2D eigenvalue weighted by Gasteiger charge is 2.13. The molecule has 0 unspecified atom stereocenters. The van der Waals surface area contributed by atoms with Gasteiger partial charge in [0.15, 0.2) is 0 Å². The minimum absolute atomic E-state index is 0.122. The second kappa shape index (κ2) is 6.19. The monoisotopic (exact) mass is 291 g/mol. The topological polar surface area (TPSA) is 90.4 Å². The van der Waals surface area contributed by atoms with E-state index in [-0.39, 0.29) is 23.8 Å². The number of anilines is 1. The maximum absolute atomic E-state index is 13.2. The Balaban J connectivity index is 2.17. The van der Waals surface area contributed by atoms with Crippen LogP contribution >= 0.6 is 0 Å². The Morgan fingerprint density at radius 1 is 1.33 bits per heavy atom. The van der Waals surface area contributed by atoms with Gasteiger partial charge >= 0.3 is 0 Å². The van der Waals surface area contributed by atoms with Gasteiger partial charge in [-0.1, -0.05) is 6.07 Å². The quantitative estimate of drug-likeness (QED) is 0.502. The van der Waals surface area contributed by atoms with E-state index in [9.17, 15) is 14.5 Å². The molecule has 3 N–H and O–H groups in total. The molecule has 2 aromatic rings. The number of nitro benzene ring substituents is 1. The minimum atomic E-state index is -0.531. The molecule has 0 bridgehead atoms. The first kappa shape index (κ1) is 14.7. The van der Waals surface area contributed by atoms with Gasteiger partial charge in [0, 0.05) is 12.1 Å². The third kappa shape index (κ3) is 3.46. The number of hydrazine groups is 1. The lowest BCUT2D eigenvalue weighted by molar-refractivity contribution is -0.384. The zero-order chi connectivity index (χ0) is 15.4. The Morgan fingerprint density at radius 2 is 2.10 bits per heavy atom.